The minimum Gasteiger partial charge on any atom is -0.303 e. The molecule has 0 spiro atoms. The molecule has 80 valence electrons. The molecule has 0 radical (unpaired) electrons. The summed E-state index contributed by atoms with van der Waals surface area (Å²) in [5, 5.41) is 0. The Bertz CT molecular complexity index is 204. The molecule has 0 unspecified atom stereocenters. The van der Waals surface area contributed by atoms with Crippen LogP contribution in [0.25, 0.3) is 0 Å². The second-order valence-corrected chi connectivity index (χ2v) is 5.19. The lowest BCUT2D eigenvalue weighted by Crippen LogP contribution is -2.39. The van der Waals surface area contributed by atoms with E-state index in [9.17, 15) is 4.79 Å². The topological polar surface area (TPSA) is 20.3 Å². The predicted molar refractivity (Wildman–Crippen MR) is 57.2 cm³/mol. The maximum absolute atomic E-state index is 11.2. The maximum atomic E-state index is 11.2. The third-order valence-electron chi connectivity index (χ3n) is 3.83. The van der Waals surface area contributed by atoms with Crippen molar-refractivity contribution in [2.24, 2.45) is 5.41 Å². The van der Waals surface area contributed by atoms with Crippen molar-refractivity contribution in [2.45, 2.75) is 51.0 Å². The Morgan fingerprint density at radius 3 is 2.43 bits per heavy atom. The number of nitrogens with zero attached hydrogens (tertiary/aromatic N) is 1. The van der Waals surface area contributed by atoms with Gasteiger partial charge in [0.2, 0.25) is 0 Å². The van der Waals surface area contributed by atoms with Gasteiger partial charge in [-0.15, -0.1) is 0 Å². The van der Waals surface area contributed by atoms with E-state index in [1.165, 1.54) is 38.4 Å². The van der Waals surface area contributed by atoms with Gasteiger partial charge < -0.3 is 9.69 Å². The van der Waals surface area contributed by atoms with Gasteiger partial charge in [0.1, 0.15) is 6.29 Å². The van der Waals surface area contributed by atoms with Crippen LogP contribution in [0.1, 0.15) is 44.9 Å². The van der Waals surface area contributed by atoms with Crippen LogP contribution in [0.5, 0.6) is 0 Å². The molecule has 0 bridgehead atoms. The van der Waals surface area contributed by atoms with Crippen LogP contribution in [-0.2, 0) is 4.79 Å². The van der Waals surface area contributed by atoms with Crippen molar-refractivity contribution in [3.63, 3.8) is 0 Å². The van der Waals surface area contributed by atoms with Gasteiger partial charge in [0.05, 0.1) is 0 Å². The molecular formula is C12H21NO. The SMILES string of the molecule is CN(CC1(C=O)CCCCC1)C1CC1. The number of carbonyl (C=O) groups is 1. The fraction of sp³-hybridized carbons (Fsp3) is 0.917. The molecule has 2 saturated carbocycles. The molecule has 0 aromatic heterocycles. The van der Waals surface area contributed by atoms with Crippen molar-refractivity contribution < 1.29 is 4.79 Å². The number of hydrogen-bond donors (Lipinski definition) is 0. The fourth-order valence-corrected chi connectivity index (χ4v) is 2.71. The van der Waals surface area contributed by atoms with Crippen molar-refractivity contribution >= 4 is 6.29 Å². The smallest absolute Gasteiger partial charge is 0.127 e. The lowest BCUT2D eigenvalue weighted by atomic mass is 9.75. The van der Waals surface area contributed by atoms with Crippen LogP contribution in [0.4, 0.5) is 0 Å². The highest BCUT2D eigenvalue weighted by Gasteiger charge is 2.36. The highest BCUT2D eigenvalue weighted by molar-refractivity contribution is 5.60. The quantitative estimate of drug-likeness (QED) is 0.641. The van der Waals surface area contributed by atoms with E-state index >= 15 is 0 Å². The van der Waals surface area contributed by atoms with Gasteiger partial charge in [-0.3, -0.25) is 0 Å². The van der Waals surface area contributed by atoms with Crippen molar-refractivity contribution in [3.05, 3.63) is 0 Å². The molecule has 2 aliphatic rings. The van der Waals surface area contributed by atoms with Crippen LogP contribution >= 0.6 is 0 Å². The summed E-state index contributed by atoms with van der Waals surface area (Å²) >= 11 is 0. The third kappa shape index (κ3) is 2.17. The van der Waals surface area contributed by atoms with Gasteiger partial charge in [-0.2, -0.15) is 0 Å². The molecule has 0 heterocycles. The van der Waals surface area contributed by atoms with E-state index in [4.69, 9.17) is 0 Å². The van der Waals surface area contributed by atoms with Gasteiger partial charge in [-0.05, 0) is 32.7 Å². The Kier molecular flexibility index (Phi) is 2.91. The first-order chi connectivity index (χ1) is 6.76. The van der Waals surface area contributed by atoms with Crippen LogP contribution in [-0.4, -0.2) is 30.8 Å². The molecule has 0 saturated heterocycles. The van der Waals surface area contributed by atoms with Gasteiger partial charge in [-0.25, -0.2) is 0 Å². The highest BCUT2D eigenvalue weighted by Crippen LogP contribution is 2.37. The molecule has 0 aromatic carbocycles. The zero-order chi connectivity index (χ0) is 10.0. The minimum absolute atomic E-state index is 0.00951. The summed E-state index contributed by atoms with van der Waals surface area (Å²) in [5.41, 5.74) is 0.00951. The van der Waals surface area contributed by atoms with Crippen LogP contribution in [0.3, 0.4) is 0 Å². The summed E-state index contributed by atoms with van der Waals surface area (Å²) < 4.78 is 0. The van der Waals surface area contributed by atoms with Crippen molar-refractivity contribution in [2.75, 3.05) is 13.6 Å². The molecule has 0 amide bonds. The number of carbonyl (C=O) groups excluding carboxylic acids is 1. The zero-order valence-corrected chi connectivity index (χ0v) is 9.17. The van der Waals surface area contributed by atoms with E-state index in [0.717, 1.165) is 25.4 Å². The predicted octanol–water partition coefficient (Wildman–Crippen LogP) is 2.23. The Morgan fingerprint density at radius 1 is 1.29 bits per heavy atom. The van der Waals surface area contributed by atoms with E-state index in [1.54, 1.807) is 0 Å². The molecule has 2 rings (SSSR count). The third-order valence-corrected chi connectivity index (χ3v) is 3.83. The monoisotopic (exact) mass is 195 g/mol. The second-order valence-electron chi connectivity index (χ2n) is 5.19. The molecule has 2 heteroatoms. The number of aldehydes is 1. The average Bonchev–Trinajstić information content (AvgIpc) is 3.02. The Balaban J connectivity index is 1.92. The number of hydrogen-bond acceptors (Lipinski definition) is 2. The molecule has 2 aliphatic carbocycles. The summed E-state index contributed by atoms with van der Waals surface area (Å²) in [5.74, 6) is 0. The fourth-order valence-electron chi connectivity index (χ4n) is 2.71. The zero-order valence-electron chi connectivity index (χ0n) is 9.17. The summed E-state index contributed by atoms with van der Waals surface area (Å²) in [6.45, 7) is 1.00. The molecule has 0 aromatic rings. The standard InChI is InChI=1S/C12H21NO/c1-13(11-5-6-11)9-12(10-14)7-3-2-4-8-12/h10-11H,2-9H2,1H3. The largest absolute Gasteiger partial charge is 0.303 e. The molecular weight excluding hydrogens is 174 g/mol. The summed E-state index contributed by atoms with van der Waals surface area (Å²) in [4.78, 5) is 13.6. The normalized spacial score (nSPS) is 26.4. The summed E-state index contributed by atoms with van der Waals surface area (Å²) in [6.07, 6.45) is 9.97. The molecule has 14 heavy (non-hydrogen) atoms. The average molecular weight is 195 g/mol. The Hall–Kier alpha value is -0.370. The summed E-state index contributed by atoms with van der Waals surface area (Å²) in [7, 11) is 2.18. The van der Waals surface area contributed by atoms with Crippen molar-refractivity contribution in [1.82, 2.24) is 4.90 Å². The first-order valence-corrected chi connectivity index (χ1v) is 5.92. The van der Waals surface area contributed by atoms with Gasteiger partial charge >= 0.3 is 0 Å². The van der Waals surface area contributed by atoms with Crippen molar-refractivity contribution in [1.29, 1.82) is 0 Å². The molecule has 0 aliphatic heterocycles. The molecule has 0 N–H and O–H groups in total. The van der Waals surface area contributed by atoms with Crippen LogP contribution in [0, 0.1) is 5.41 Å². The first-order valence-electron chi connectivity index (χ1n) is 5.92. The van der Waals surface area contributed by atoms with E-state index < -0.39 is 0 Å². The first kappa shape index (κ1) is 10.2. The minimum atomic E-state index is 0.00951. The van der Waals surface area contributed by atoms with E-state index in [0.29, 0.717) is 0 Å². The van der Waals surface area contributed by atoms with E-state index in [1.807, 2.05) is 0 Å². The van der Waals surface area contributed by atoms with E-state index in [-0.39, 0.29) is 5.41 Å². The van der Waals surface area contributed by atoms with Gasteiger partial charge in [0.15, 0.2) is 0 Å². The number of rotatable bonds is 4. The Morgan fingerprint density at radius 2 is 1.93 bits per heavy atom. The lowest BCUT2D eigenvalue weighted by molar-refractivity contribution is -0.119. The van der Waals surface area contributed by atoms with Crippen molar-refractivity contribution in [3.8, 4) is 0 Å². The van der Waals surface area contributed by atoms with Crippen LogP contribution < -0.4 is 0 Å². The molecule has 0 atom stereocenters. The van der Waals surface area contributed by atoms with E-state index in [2.05, 4.69) is 11.9 Å². The van der Waals surface area contributed by atoms with Gasteiger partial charge in [-0.1, -0.05) is 19.3 Å². The lowest BCUT2D eigenvalue weighted by Gasteiger charge is -2.35. The second kappa shape index (κ2) is 4.01. The van der Waals surface area contributed by atoms with Crippen LogP contribution in [0.2, 0.25) is 0 Å². The molecule has 2 nitrogen and oxygen atoms in total. The van der Waals surface area contributed by atoms with Gasteiger partial charge in [0.25, 0.3) is 0 Å². The molecule has 2 fully saturated rings. The van der Waals surface area contributed by atoms with Gasteiger partial charge in [0, 0.05) is 18.0 Å². The Labute approximate surface area is 86.7 Å². The highest BCUT2D eigenvalue weighted by atomic mass is 16.1. The summed E-state index contributed by atoms with van der Waals surface area (Å²) in [6, 6.07) is 0.786. The maximum Gasteiger partial charge on any atom is 0.127 e. The van der Waals surface area contributed by atoms with Crippen LogP contribution in [0.15, 0.2) is 0 Å².